The molecule has 0 amide bonds. The molecule has 0 radical (unpaired) electrons. The van der Waals surface area contributed by atoms with Crippen molar-refractivity contribution in [2.45, 2.75) is 110 Å². The summed E-state index contributed by atoms with van der Waals surface area (Å²) in [6, 6.07) is 0. The van der Waals surface area contributed by atoms with Crippen LogP contribution < -0.4 is 0 Å². The normalized spacial score (nSPS) is 10.3. The van der Waals surface area contributed by atoms with E-state index in [0.717, 1.165) is 13.5 Å². The smallest absolute Gasteiger partial charge is 0.0431 e. The summed E-state index contributed by atoms with van der Waals surface area (Å²) in [6.45, 7) is 2.66. The maximum Gasteiger partial charge on any atom is 0.0431 e. The molecule has 2 nitrogen and oxygen atoms in total. The number of rotatable bonds is 16. The van der Waals surface area contributed by atoms with Gasteiger partial charge in [0.25, 0.3) is 0 Å². The lowest BCUT2D eigenvalue weighted by Gasteiger charge is -2.03. The Bertz CT molecular complexity index is 133. The van der Waals surface area contributed by atoms with E-state index in [2.05, 4.69) is 6.92 Å². The number of aliphatic hydroxyl groups is 2. The van der Waals surface area contributed by atoms with Gasteiger partial charge in [0.05, 0.1) is 0 Å². The molecule has 2 heteroatoms. The number of aliphatic hydroxyl groups excluding tert-OH is 2. The molecule has 0 unspecified atom stereocenters. The molecule has 0 aromatic carbocycles. The van der Waals surface area contributed by atoms with Crippen molar-refractivity contribution in [2.24, 2.45) is 0 Å². The molecule has 0 saturated heterocycles. The first-order chi connectivity index (χ1) is 10.4. The SMILES string of the molecule is CCCCCCCCCCCCCCCCCCO.CO. The fourth-order valence-corrected chi connectivity index (χ4v) is 2.66. The number of hydrogen-bond acceptors (Lipinski definition) is 2. The van der Waals surface area contributed by atoms with E-state index in [4.69, 9.17) is 10.2 Å². The Labute approximate surface area is 134 Å². The largest absolute Gasteiger partial charge is 0.400 e. The molecule has 0 heterocycles. The molecule has 0 saturated carbocycles. The van der Waals surface area contributed by atoms with Crippen LogP contribution in [0.15, 0.2) is 0 Å². The van der Waals surface area contributed by atoms with E-state index in [0.29, 0.717) is 6.61 Å². The predicted octanol–water partition coefficient (Wildman–Crippen LogP) is 5.85. The minimum Gasteiger partial charge on any atom is -0.400 e. The van der Waals surface area contributed by atoms with Gasteiger partial charge in [0.2, 0.25) is 0 Å². The van der Waals surface area contributed by atoms with E-state index in [1.807, 2.05) is 0 Å². The lowest BCUT2D eigenvalue weighted by molar-refractivity contribution is 0.282. The fourth-order valence-electron chi connectivity index (χ4n) is 2.66. The molecule has 0 aromatic heterocycles. The second kappa shape index (κ2) is 24.9. The van der Waals surface area contributed by atoms with Crippen molar-refractivity contribution in [3.63, 3.8) is 0 Å². The van der Waals surface area contributed by atoms with Crippen LogP contribution in [0.2, 0.25) is 0 Å². The first-order valence-electron chi connectivity index (χ1n) is 9.47. The van der Waals surface area contributed by atoms with Crippen molar-refractivity contribution in [3.05, 3.63) is 0 Å². The van der Waals surface area contributed by atoms with Gasteiger partial charge in [-0.25, -0.2) is 0 Å². The zero-order valence-electron chi connectivity index (χ0n) is 14.9. The minimum atomic E-state index is 0.373. The van der Waals surface area contributed by atoms with Gasteiger partial charge in [-0.05, 0) is 6.42 Å². The Balaban J connectivity index is 0. The summed E-state index contributed by atoms with van der Waals surface area (Å²) in [5.41, 5.74) is 0. The Morgan fingerprint density at radius 1 is 0.429 bits per heavy atom. The molecule has 2 N–H and O–H groups in total. The summed E-state index contributed by atoms with van der Waals surface area (Å²) in [6.07, 6.45) is 22.2. The van der Waals surface area contributed by atoms with E-state index in [1.54, 1.807) is 0 Å². The van der Waals surface area contributed by atoms with Gasteiger partial charge in [0.1, 0.15) is 0 Å². The van der Waals surface area contributed by atoms with Gasteiger partial charge in [0, 0.05) is 13.7 Å². The molecule has 0 aliphatic rings. The van der Waals surface area contributed by atoms with E-state index < -0.39 is 0 Å². The molecule has 0 rings (SSSR count). The maximum absolute atomic E-state index is 8.67. The van der Waals surface area contributed by atoms with Crippen LogP contribution in [-0.2, 0) is 0 Å². The van der Waals surface area contributed by atoms with E-state index >= 15 is 0 Å². The Hall–Kier alpha value is -0.0800. The highest BCUT2D eigenvalue weighted by molar-refractivity contribution is 4.49. The van der Waals surface area contributed by atoms with Gasteiger partial charge >= 0.3 is 0 Å². The number of unbranched alkanes of at least 4 members (excludes halogenated alkanes) is 15. The molecule has 21 heavy (non-hydrogen) atoms. The fraction of sp³-hybridized carbons (Fsp3) is 1.00. The van der Waals surface area contributed by atoms with Crippen molar-refractivity contribution in [1.82, 2.24) is 0 Å². The van der Waals surface area contributed by atoms with Crippen LogP contribution >= 0.6 is 0 Å². The first kappa shape index (κ1) is 23.2. The highest BCUT2D eigenvalue weighted by atomic mass is 16.3. The molecular weight excluding hydrogens is 260 g/mol. The third-order valence-electron chi connectivity index (χ3n) is 4.01. The van der Waals surface area contributed by atoms with Gasteiger partial charge in [0.15, 0.2) is 0 Å². The zero-order valence-corrected chi connectivity index (χ0v) is 14.9. The Morgan fingerprint density at radius 3 is 0.905 bits per heavy atom. The maximum atomic E-state index is 8.67. The van der Waals surface area contributed by atoms with Crippen molar-refractivity contribution >= 4 is 0 Å². The van der Waals surface area contributed by atoms with Crippen LogP contribution in [-0.4, -0.2) is 23.9 Å². The van der Waals surface area contributed by atoms with Crippen LogP contribution in [0.1, 0.15) is 110 Å². The molecule has 0 bridgehead atoms. The van der Waals surface area contributed by atoms with Gasteiger partial charge in [-0.1, -0.05) is 103 Å². The molecule has 0 aromatic rings. The standard InChI is InChI=1S/C18H38O.CH4O/c1-2-3-4-5-6-7-8-9-10-11-12-13-14-15-16-17-18-19;1-2/h19H,2-18H2,1H3;2H,1H3. The minimum absolute atomic E-state index is 0.373. The summed E-state index contributed by atoms with van der Waals surface area (Å²) >= 11 is 0. The van der Waals surface area contributed by atoms with Crippen molar-refractivity contribution < 1.29 is 10.2 Å². The highest BCUT2D eigenvalue weighted by Crippen LogP contribution is 2.13. The second-order valence-corrected chi connectivity index (χ2v) is 6.03. The van der Waals surface area contributed by atoms with Gasteiger partial charge in [-0.3, -0.25) is 0 Å². The van der Waals surface area contributed by atoms with E-state index in [9.17, 15) is 0 Å². The van der Waals surface area contributed by atoms with E-state index in [1.165, 1.54) is 96.3 Å². The molecule has 0 atom stereocenters. The average Bonchev–Trinajstić information content (AvgIpc) is 2.53. The Kier molecular flexibility index (Phi) is 27.5. The molecular formula is C19H42O2. The number of hydrogen-bond donors (Lipinski definition) is 2. The summed E-state index contributed by atoms with van der Waals surface area (Å²) in [4.78, 5) is 0. The molecule has 0 fully saturated rings. The van der Waals surface area contributed by atoms with Gasteiger partial charge in [-0.15, -0.1) is 0 Å². The first-order valence-corrected chi connectivity index (χ1v) is 9.47. The van der Waals surface area contributed by atoms with Crippen LogP contribution in [0.25, 0.3) is 0 Å². The lowest BCUT2D eigenvalue weighted by atomic mass is 10.0. The second-order valence-electron chi connectivity index (χ2n) is 6.03. The summed E-state index contributed by atoms with van der Waals surface area (Å²) < 4.78 is 0. The summed E-state index contributed by atoms with van der Waals surface area (Å²) in [5.74, 6) is 0. The quantitative estimate of drug-likeness (QED) is 0.351. The Morgan fingerprint density at radius 2 is 0.667 bits per heavy atom. The molecule has 130 valence electrons. The van der Waals surface area contributed by atoms with Crippen LogP contribution in [0.4, 0.5) is 0 Å². The van der Waals surface area contributed by atoms with Gasteiger partial charge in [-0.2, -0.15) is 0 Å². The highest BCUT2D eigenvalue weighted by Gasteiger charge is 1.94. The van der Waals surface area contributed by atoms with Crippen LogP contribution in [0.3, 0.4) is 0 Å². The molecule has 0 aliphatic carbocycles. The third-order valence-corrected chi connectivity index (χ3v) is 4.01. The van der Waals surface area contributed by atoms with Crippen LogP contribution in [0.5, 0.6) is 0 Å². The third kappa shape index (κ3) is 25.2. The van der Waals surface area contributed by atoms with E-state index in [-0.39, 0.29) is 0 Å². The van der Waals surface area contributed by atoms with Crippen LogP contribution in [0, 0.1) is 0 Å². The molecule has 0 spiro atoms. The van der Waals surface area contributed by atoms with Crippen molar-refractivity contribution in [3.8, 4) is 0 Å². The van der Waals surface area contributed by atoms with Gasteiger partial charge < -0.3 is 10.2 Å². The monoisotopic (exact) mass is 302 g/mol. The zero-order chi connectivity index (χ0) is 16.0. The van der Waals surface area contributed by atoms with Crippen molar-refractivity contribution in [1.29, 1.82) is 0 Å². The molecule has 0 aliphatic heterocycles. The predicted molar refractivity (Wildman–Crippen MR) is 94.8 cm³/mol. The lowest BCUT2D eigenvalue weighted by Crippen LogP contribution is -1.85. The van der Waals surface area contributed by atoms with Crippen molar-refractivity contribution in [2.75, 3.05) is 13.7 Å². The average molecular weight is 303 g/mol. The summed E-state index contributed by atoms with van der Waals surface area (Å²) in [5, 5.41) is 15.7. The topological polar surface area (TPSA) is 40.5 Å². The summed E-state index contributed by atoms with van der Waals surface area (Å²) in [7, 11) is 1.00.